The molecular formula is C23H25N5O2. The molecule has 0 aliphatic heterocycles. The number of amides is 2. The lowest BCUT2D eigenvalue weighted by molar-refractivity contribution is -0.128. The van der Waals surface area contributed by atoms with E-state index in [-0.39, 0.29) is 11.8 Å². The number of hydrogen-bond acceptors (Lipinski definition) is 4. The Morgan fingerprint density at radius 1 is 1.23 bits per heavy atom. The first kappa shape index (κ1) is 21.0. The van der Waals surface area contributed by atoms with E-state index >= 15 is 0 Å². The number of aromatic nitrogens is 3. The summed E-state index contributed by atoms with van der Waals surface area (Å²) < 4.78 is 1.73. The molecule has 0 spiro atoms. The summed E-state index contributed by atoms with van der Waals surface area (Å²) in [5, 5.41) is 7.08. The zero-order valence-electron chi connectivity index (χ0n) is 17.6. The van der Waals surface area contributed by atoms with Crippen LogP contribution in [0.3, 0.4) is 0 Å². The minimum Gasteiger partial charge on any atom is -0.342 e. The van der Waals surface area contributed by atoms with Crippen molar-refractivity contribution in [2.45, 2.75) is 20.4 Å². The summed E-state index contributed by atoms with van der Waals surface area (Å²) in [7, 11) is 3.61. The standard InChI is InChI=1S/C23H25N5O2/c1-16-5-7-21(11-19(16)14-27(3)17(2)29)26-23(30)8-6-18-12-24-10-9-22(18)20-13-25-28(4)15-20/h5-13,15H,14H2,1-4H3,(H,26,30). The van der Waals surface area contributed by atoms with E-state index in [9.17, 15) is 9.59 Å². The molecule has 0 saturated carbocycles. The van der Waals surface area contributed by atoms with Crippen molar-refractivity contribution in [1.29, 1.82) is 0 Å². The first-order chi connectivity index (χ1) is 14.3. The molecule has 0 atom stereocenters. The van der Waals surface area contributed by atoms with Crippen molar-refractivity contribution >= 4 is 23.6 Å². The third-order valence-electron chi connectivity index (χ3n) is 4.84. The molecule has 2 aromatic heterocycles. The Kier molecular flexibility index (Phi) is 6.41. The van der Waals surface area contributed by atoms with Gasteiger partial charge in [0, 0.05) is 69.0 Å². The number of hydrogen-bond donors (Lipinski definition) is 1. The van der Waals surface area contributed by atoms with Crippen LogP contribution in [0.15, 0.2) is 55.1 Å². The number of aryl methyl sites for hydroxylation is 2. The molecule has 3 rings (SSSR count). The highest BCUT2D eigenvalue weighted by atomic mass is 16.2. The zero-order chi connectivity index (χ0) is 21.7. The van der Waals surface area contributed by atoms with Crippen molar-refractivity contribution in [2.24, 2.45) is 7.05 Å². The topological polar surface area (TPSA) is 80.1 Å². The van der Waals surface area contributed by atoms with Gasteiger partial charge in [-0.05, 0) is 47.9 Å². The minimum absolute atomic E-state index is 0.00679. The van der Waals surface area contributed by atoms with Crippen LogP contribution in [0, 0.1) is 6.92 Å². The largest absolute Gasteiger partial charge is 0.342 e. The fourth-order valence-electron chi connectivity index (χ4n) is 3.00. The third-order valence-corrected chi connectivity index (χ3v) is 4.84. The van der Waals surface area contributed by atoms with Gasteiger partial charge in [-0.1, -0.05) is 6.07 Å². The quantitative estimate of drug-likeness (QED) is 0.640. The molecule has 0 fully saturated rings. The molecule has 0 bridgehead atoms. The first-order valence-corrected chi connectivity index (χ1v) is 9.57. The molecule has 0 aliphatic rings. The van der Waals surface area contributed by atoms with E-state index in [0.717, 1.165) is 27.8 Å². The second-order valence-corrected chi connectivity index (χ2v) is 7.20. The smallest absolute Gasteiger partial charge is 0.248 e. The third kappa shape index (κ3) is 5.20. The van der Waals surface area contributed by atoms with E-state index in [1.807, 2.05) is 44.4 Å². The Hall–Kier alpha value is -3.74. The van der Waals surface area contributed by atoms with Crippen LogP contribution in [0.1, 0.15) is 23.6 Å². The van der Waals surface area contributed by atoms with Crippen LogP contribution in [-0.4, -0.2) is 38.5 Å². The van der Waals surface area contributed by atoms with Gasteiger partial charge in [0.25, 0.3) is 0 Å². The molecule has 154 valence electrons. The van der Waals surface area contributed by atoms with E-state index in [2.05, 4.69) is 15.4 Å². The fourth-order valence-corrected chi connectivity index (χ4v) is 3.00. The number of pyridine rings is 1. The lowest BCUT2D eigenvalue weighted by Gasteiger charge is -2.17. The first-order valence-electron chi connectivity index (χ1n) is 9.57. The summed E-state index contributed by atoms with van der Waals surface area (Å²) in [6.45, 7) is 4.01. The SMILES string of the molecule is CC(=O)N(C)Cc1cc(NC(=O)C=Cc2cnccc2-c2cnn(C)c2)ccc1C. The monoisotopic (exact) mass is 403 g/mol. The number of nitrogens with one attached hydrogen (secondary N) is 1. The molecule has 0 saturated heterocycles. The van der Waals surface area contributed by atoms with E-state index < -0.39 is 0 Å². The predicted octanol–water partition coefficient (Wildman–Crippen LogP) is 3.42. The van der Waals surface area contributed by atoms with Crippen molar-refractivity contribution in [3.63, 3.8) is 0 Å². The highest BCUT2D eigenvalue weighted by Crippen LogP contribution is 2.23. The van der Waals surface area contributed by atoms with Gasteiger partial charge < -0.3 is 10.2 Å². The minimum atomic E-state index is -0.245. The number of carbonyl (C=O) groups is 2. The average Bonchev–Trinajstić information content (AvgIpc) is 3.15. The summed E-state index contributed by atoms with van der Waals surface area (Å²) in [6, 6.07) is 7.58. The fraction of sp³-hybridized carbons (Fsp3) is 0.217. The van der Waals surface area contributed by atoms with Crippen molar-refractivity contribution in [3.8, 4) is 11.1 Å². The number of carbonyl (C=O) groups excluding carboxylic acids is 2. The van der Waals surface area contributed by atoms with Crippen molar-refractivity contribution in [1.82, 2.24) is 19.7 Å². The lowest BCUT2D eigenvalue weighted by atomic mass is 10.0. The maximum absolute atomic E-state index is 12.5. The van der Waals surface area contributed by atoms with E-state index in [0.29, 0.717) is 12.2 Å². The van der Waals surface area contributed by atoms with Gasteiger partial charge in [0.15, 0.2) is 0 Å². The van der Waals surface area contributed by atoms with E-state index in [1.165, 1.54) is 13.0 Å². The molecule has 30 heavy (non-hydrogen) atoms. The molecule has 0 unspecified atom stereocenters. The van der Waals surface area contributed by atoms with Crippen molar-refractivity contribution in [3.05, 3.63) is 71.8 Å². The number of benzene rings is 1. The lowest BCUT2D eigenvalue weighted by Crippen LogP contribution is -2.23. The molecule has 3 aromatic rings. The molecule has 7 heteroatoms. The predicted molar refractivity (Wildman–Crippen MR) is 117 cm³/mol. The summed E-state index contributed by atoms with van der Waals surface area (Å²) in [6.07, 6.45) is 10.3. The highest BCUT2D eigenvalue weighted by molar-refractivity contribution is 6.02. The van der Waals surface area contributed by atoms with Gasteiger partial charge >= 0.3 is 0 Å². The van der Waals surface area contributed by atoms with Crippen molar-refractivity contribution in [2.75, 3.05) is 12.4 Å². The molecular weight excluding hydrogens is 378 g/mol. The Bertz CT molecular complexity index is 1100. The molecule has 1 N–H and O–H groups in total. The summed E-state index contributed by atoms with van der Waals surface area (Å²) in [5.41, 5.74) is 5.47. The van der Waals surface area contributed by atoms with E-state index in [1.54, 1.807) is 41.3 Å². The van der Waals surface area contributed by atoms with Crippen LogP contribution in [-0.2, 0) is 23.2 Å². The summed E-state index contributed by atoms with van der Waals surface area (Å²) in [4.78, 5) is 29.8. The van der Waals surface area contributed by atoms with Gasteiger partial charge in [0.1, 0.15) is 0 Å². The Labute approximate surface area is 176 Å². The molecule has 0 aliphatic carbocycles. The number of rotatable bonds is 6. The van der Waals surface area contributed by atoms with Gasteiger partial charge in [-0.3, -0.25) is 19.3 Å². The van der Waals surface area contributed by atoms with Gasteiger partial charge in [0.2, 0.25) is 11.8 Å². The zero-order valence-corrected chi connectivity index (χ0v) is 17.6. The van der Waals surface area contributed by atoms with Crippen LogP contribution < -0.4 is 5.32 Å². The van der Waals surface area contributed by atoms with Crippen molar-refractivity contribution < 1.29 is 9.59 Å². The maximum atomic E-state index is 12.5. The second-order valence-electron chi connectivity index (χ2n) is 7.20. The summed E-state index contributed by atoms with van der Waals surface area (Å²) >= 11 is 0. The van der Waals surface area contributed by atoms with E-state index in [4.69, 9.17) is 0 Å². The van der Waals surface area contributed by atoms with Crippen LogP contribution in [0.25, 0.3) is 17.2 Å². The van der Waals surface area contributed by atoms with Crippen LogP contribution in [0.5, 0.6) is 0 Å². The Morgan fingerprint density at radius 2 is 2.03 bits per heavy atom. The average molecular weight is 403 g/mol. The van der Waals surface area contributed by atoms with Crippen LogP contribution >= 0.6 is 0 Å². The Morgan fingerprint density at radius 3 is 2.73 bits per heavy atom. The normalized spacial score (nSPS) is 10.9. The van der Waals surface area contributed by atoms with Gasteiger partial charge in [-0.2, -0.15) is 5.10 Å². The second kappa shape index (κ2) is 9.17. The van der Waals surface area contributed by atoms with Gasteiger partial charge in [0.05, 0.1) is 6.20 Å². The number of anilines is 1. The van der Waals surface area contributed by atoms with Crippen LogP contribution in [0.2, 0.25) is 0 Å². The van der Waals surface area contributed by atoms with Gasteiger partial charge in [-0.25, -0.2) is 0 Å². The Balaban J connectivity index is 1.74. The molecule has 2 amide bonds. The molecule has 0 radical (unpaired) electrons. The maximum Gasteiger partial charge on any atom is 0.248 e. The van der Waals surface area contributed by atoms with Crippen LogP contribution in [0.4, 0.5) is 5.69 Å². The summed E-state index contributed by atoms with van der Waals surface area (Å²) in [5.74, 6) is -0.252. The molecule has 1 aromatic carbocycles. The number of nitrogens with zero attached hydrogens (tertiary/aromatic N) is 4. The van der Waals surface area contributed by atoms with Gasteiger partial charge in [-0.15, -0.1) is 0 Å². The molecule has 7 nitrogen and oxygen atoms in total. The highest BCUT2D eigenvalue weighted by Gasteiger charge is 2.09. The molecule has 2 heterocycles.